The number of nitrogens with two attached hydrogens (primary N) is 1. The molecule has 0 aromatic carbocycles. The van der Waals surface area contributed by atoms with Crippen molar-refractivity contribution in [3.8, 4) is 0 Å². The van der Waals surface area contributed by atoms with Crippen LogP contribution >= 0.6 is 11.3 Å². The number of hydrogen-bond acceptors (Lipinski definition) is 5. The number of carbonyl (C=O) groups excluding carboxylic acids is 2. The quantitative estimate of drug-likeness (QED) is 0.567. The summed E-state index contributed by atoms with van der Waals surface area (Å²) in [6.07, 6.45) is -0.418. The van der Waals surface area contributed by atoms with Crippen molar-refractivity contribution < 1.29 is 24.6 Å². The molecule has 24 heavy (non-hydrogen) atoms. The number of aliphatic hydroxyl groups is 1. The third kappa shape index (κ3) is 2.55. The van der Waals surface area contributed by atoms with Crippen LogP contribution in [0.3, 0.4) is 0 Å². The summed E-state index contributed by atoms with van der Waals surface area (Å²) >= 11 is 1.34. The van der Waals surface area contributed by atoms with Gasteiger partial charge in [0, 0.05) is 15.3 Å². The highest BCUT2D eigenvalue weighted by Gasteiger charge is 2.56. The van der Waals surface area contributed by atoms with Gasteiger partial charge in [-0.15, -0.1) is 11.3 Å². The molecule has 3 rings (SSSR count). The molecule has 0 spiro atoms. The average Bonchev–Trinajstić information content (AvgIpc) is 3.06. The molecule has 9 heteroatoms. The number of amides is 3. The van der Waals surface area contributed by atoms with Crippen LogP contribution in [0.4, 0.5) is 4.79 Å². The normalized spacial score (nSPS) is 23.8. The SMILES string of the molecule is C[C@@H](O)[C@H]1C(=O)N2C(C(=O)O)=C(c3ccc(CNC(N)=O)s3)C[C@H]12. The Hall–Kier alpha value is -2.39. The van der Waals surface area contributed by atoms with Crippen molar-refractivity contribution >= 4 is 34.8 Å². The Labute approximate surface area is 141 Å². The summed E-state index contributed by atoms with van der Waals surface area (Å²) in [7, 11) is 0. The van der Waals surface area contributed by atoms with Gasteiger partial charge in [-0.2, -0.15) is 0 Å². The predicted octanol–water partition coefficient (Wildman–Crippen LogP) is 0.324. The lowest BCUT2D eigenvalue weighted by molar-refractivity contribution is -0.161. The largest absolute Gasteiger partial charge is 0.477 e. The zero-order valence-corrected chi connectivity index (χ0v) is 13.7. The van der Waals surface area contributed by atoms with E-state index in [4.69, 9.17) is 5.73 Å². The van der Waals surface area contributed by atoms with Crippen molar-refractivity contribution in [3.63, 3.8) is 0 Å². The number of nitrogens with zero attached hydrogens (tertiary/aromatic N) is 1. The van der Waals surface area contributed by atoms with Crippen LogP contribution in [-0.4, -0.2) is 45.2 Å². The zero-order chi connectivity index (χ0) is 17.6. The van der Waals surface area contributed by atoms with Crippen molar-refractivity contribution in [1.82, 2.24) is 10.2 Å². The number of carboxylic acids is 1. The van der Waals surface area contributed by atoms with Gasteiger partial charge >= 0.3 is 12.0 Å². The molecule has 1 saturated heterocycles. The molecular formula is C15H17N3O5S. The molecule has 3 heterocycles. The third-order valence-corrected chi connectivity index (χ3v) is 5.47. The summed E-state index contributed by atoms with van der Waals surface area (Å²) in [6.45, 7) is 1.80. The van der Waals surface area contributed by atoms with Gasteiger partial charge < -0.3 is 26.2 Å². The monoisotopic (exact) mass is 351 g/mol. The second-order valence-corrected chi connectivity index (χ2v) is 7.03. The van der Waals surface area contributed by atoms with E-state index in [2.05, 4.69) is 5.32 Å². The van der Waals surface area contributed by atoms with Crippen molar-refractivity contribution in [2.75, 3.05) is 0 Å². The van der Waals surface area contributed by atoms with E-state index < -0.39 is 24.0 Å². The van der Waals surface area contributed by atoms with E-state index in [-0.39, 0.29) is 24.2 Å². The molecule has 2 aliphatic heterocycles. The summed E-state index contributed by atoms with van der Waals surface area (Å²) < 4.78 is 0. The first-order valence-corrected chi connectivity index (χ1v) is 8.23. The van der Waals surface area contributed by atoms with Crippen molar-refractivity contribution in [1.29, 1.82) is 0 Å². The maximum atomic E-state index is 12.2. The highest BCUT2D eigenvalue weighted by Crippen LogP contribution is 2.47. The van der Waals surface area contributed by atoms with Crippen LogP contribution in [0.25, 0.3) is 5.57 Å². The number of nitrogens with one attached hydrogen (secondary N) is 1. The van der Waals surface area contributed by atoms with Gasteiger partial charge in [-0.3, -0.25) is 4.79 Å². The minimum atomic E-state index is -1.16. The zero-order valence-electron chi connectivity index (χ0n) is 12.9. The summed E-state index contributed by atoms with van der Waals surface area (Å²) in [5, 5.41) is 21.7. The number of rotatable bonds is 5. The maximum absolute atomic E-state index is 12.2. The van der Waals surface area contributed by atoms with Gasteiger partial charge in [-0.25, -0.2) is 9.59 Å². The number of carbonyl (C=O) groups is 3. The molecule has 3 atom stereocenters. The molecule has 0 bridgehead atoms. The molecule has 0 saturated carbocycles. The van der Waals surface area contributed by atoms with Gasteiger partial charge in [0.2, 0.25) is 5.91 Å². The number of aliphatic hydroxyl groups excluding tert-OH is 1. The van der Waals surface area contributed by atoms with E-state index in [1.54, 1.807) is 12.1 Å². The molecule has 2 aliphatic rings. The van der Waals surface area contributed by atoms with Gasteiger partial charge in [-0.1, -0.05) is 0 Å². The number of β-lactam (4-membered cyclic amide) rings is 1. The van der Waals surface area contributed by atoms with Gasteiger partial charge in [0.05, 0.1) is 24.6 Å². The number of urea groups is 1. The van der Waals surface area contributed by atoms with E-state index in [0.717, 1.165) is 9.75 Å². The number of hydrogen-bond donors (Lipinski definition) is 4. The standard InChI is InChI=1S/C15H17N3O5S/c1-6(19)11-9-4-8(12(14(21)22)18(9)13(11)20)10-3-2-7(24-10)5-17-15(16)23/h2-3,6,9,11,19H,4-5H2,1H3,(H,21,22)(H3,16,17,23)/t6-,9-,11-/m1/s1. The molecule has 1 aromatic heterocycles. The minimum absolute atomic E-state index is 0.0156. The summed E-state index contributed by atoms with van der Waals surface area (Å²) in [5.41, 5.74) is 5.60. The summed E-state index contributed by atoms with van der Waals surface area (Å²) in [6, 6.07) is 2.61. The smallest absolute Gasteiger partial charge is 0.352 e. The van der Waals surface area contributed by atoms with E-state index >= 15 is 0 Å². The van der Waals surface area contributed by atoms with Crippen molar-refractivity contribution in [2.45, 2.75) is 32.0 Å². The molecule has 0 aliphatic carbocycles. The van der Waals surface area contributed by atoms with Crippen molar-refractivity contribution in [3.05, 3.63) is 27.6 Å². The van der Waals surface area contributed by atoms with Crippen LogP contribution in [0.15, 0.2) is 17.8 Å². The van der Waals surface area contributed by atoms with Gasteiger partial charge in [-0.05, 0) is 25.5 Å². The summed E-state index contributed by atoms with van der Waals surface area (Å²) in [5.74, 6) is -2.07. The highest BCUT2D eigenvalue weighted by atomic mass is 32.1. The lowest BCUT2D eigenvalue weighted by atomic mass is 9.83. The van der Waals surface area contributed by atoms with E-state index in [1.807, 2.05) is 0 Å². The molecule has 5 N–H and O–H groups in total. The van der Waals surface area contributed by atoms with Crippen LogP contribution in [0.1, 0.15) is 23.1 Å². The van der Waals surface area contributed by atoms with Crippen LogP contribution in [-0.2, 0) is 16.1 Å². The topological polar surface area (TPSA) is 133 Å². The Morgan fingerprint density at radius 3 is 2.79 bits per heavy atom. The second kappa shape index (κ2) is 5.91. The Bertz CT molecular complexity index is 754. The first kappa shape index (κ1) is 16.5. The van der Waals surface area contributed by atoms with Crippen LogP contribution in [0.5, 0.6) is 0 Å². The molecular weight excluding hydrogens is 334 g/mol. The van der Waals surface area contributed by atoms with E-state index in [1.165, 1.54) is 23.2 Å². The van der Waals surface area contributed by atoms with Crippen LogP contribution in [0, 0.1) is 5.92 Å². The lowest BCUT2D eigenvalue weighted by Crippen LogP contribution is -2.61. The Balaban J connectivity index is 1.89. The minimum Gasteiger partial charge on any atom is -0.477 e. The Morgan fingerprint density at radius 2 is 2.21 bits per heavy atom. The molecule has 0 unspecified atom stereocenters. The van der Waals surface area contributed by atoms with Gasteiger partial charge in [0.15, 0.2) is 0 Å². The fraction of sp³-hybridized carbons (Fsp3) is 0.400. The van der Waals surface area contributed by atoms with E-state index in [9.17, 15) is 24.6 Å². The van der Waals surface area contributed by atoms with E-state index in [0.29, 0.717) is 12.0 Å². The van der Waals surface area contributed by atoms with Gasteiger partial charge in [0.25, 0.3) is 0 Å². The second-order valence-electron chi connectivity index (χ2n) is 5.86. The Kier molecular flexibility index (Phi) is 4.06. The predicted molar refractivity (Wildman–Crippen MR) is 85.7 cm³/mol. The molecule has 1 aromatic rings. The number of primary amides is 1. The summed E-state index contributed by atoms with van der Waals surface area (Å²) in [4.78, 5) is 37.4. The number of carboxylic acid groups (broad SMARTS) is 1. The lowest BCUT2D eigenvalue weighted by Gasteiger charge is -2.44. The number of fused-ring (bicyclic) bond motifs is 1. The third-order valence-electron chi connectivity index (χ3n) is 4.33. The van der Waals surface area contributed by atoms with Crippen LogP contribution in [0.2, 0.25) is 0 Å². The number of thiophene rings is 1. The fourth-order valence-corrected chi connectivity index (χ4v) is 4.30. The van der Waals surface area contributed by atoms with Crippen LogP contribution < -0.4 is 11.1 Å². The molecule has 1 fully saturated rings. The molecule has 8 nitrogen and oxygen atoms in total. The molecule has 3 amide bonds. The first-order chi connectivity index (χ1) is 11.3. The number of aliphatic carboxylic acids is 1. The van der Waals surface area contributed by atoms with Gasteiger partial charge in [0.1, 0.15) is 5.70 Å². The van der Waals surface area contributed by atoms with Crippen molar-refractivity contribution in [2.24, 2.45) is 11.7 Å². The first-order valence-electron chi connectivity index (χ1n) is 7.41. The molecule has 128 valence electrons. The maximum Gasteiger partial charge on any atom is 0.352 e. The average molecular weight is 351 g/mol. The molecule has 0 radical (unpaired) electrons. The highest BCUT2D eigenvalue weighted by molar-refractivity contribution is 7.13. The fourth-order valence-electron chi connectivity index (χ4n) is 3.30. The Morgan fingerprint density at radius 1 is 1.50 bits per heavy atom.